The van der Waals surface area contributed by atoms with E-state index in [9.17, 15) is 4.79 Å². The number of amides is 1. The molecule has 1 atom stereocenters. The molecule has 2 fully saturated rings. The zero-order valence-corrected chi connectivity index (χ0v) is 14.9. The molecule has 0 radical (unpaired) electrons. The zero-order valence-electron chi connectivity index (χ0n) is 14.9. The van der Waals surface area contributed by atoms with E-state index in [1.807, 2.05) is 29.2 Å². The molecule has 0 saturated carbocycles. The molecule has 138 valence electrons. The van der Waals surface area contributed by atoms with Crippen LogP contribution in [0.1, 0.15) is 36.0 Å². The van der Waals surface area contributed by atoms with Crippen molar-refractivity contribution < 1.29 is 19.0 Å². The predicted octanol–water partition coefficient (Wildman–Crippen LogP) is 1.82. The lowest BCUT2D eigenvalue weighted by atomic mass is 9.81. The van der Waals surface area contributed by atoms with Crippen LogP contribution >= 0.6 is 0 Å². The van der Waals surface area contributed by atoms with Crippen molar-refractivity contribution in [2.75, 3.05) is 40.0 Å². The summed E-state index contributed by atoms with van der Waals surface area (Å²) < 4.78 is 17.2. The molecular weight excluding hydrogens is 320 g/mol. The topological polar surface area (TPSA) is 74.0 Å². The van der Waals surface area contributed by atoms with Crippen LogP contribution in [0.3, 0.4) is 0 Å². The van der Waals surface area contributed by atoms with Crippen molar-refractivity contribution in [1.29, 1.82) is 0 Å². The van der Waals surface area contributed by atoms with Crippen molar-refractivity contribution in [2.24, 2.45) is 5.73 Å². The molecule has 6 nitrogen and oxygen atoms in total. The van der Waals surface area contributed by atoms with E-state index in [-0.39, 0.29) is 17.6 Å². The van der Waals surface area contributed by atoms with E-state index in [0.717, 1.165) is 38.0 Å². The second-order valence-corrected chi connectivity index (χ2v) is 6.73. The number of nitrogens with two attached hydrogens (primary N) is 1. The first-order valence-electron chi connectivity index (χ1n) is 9.07. The molecule has 0 aromatic heterocycles. The van der Waals surface area contributed by atoms with Crippen LogP contribution in [0.4, 0.5) is 0 Å². The van der Waals surface area contributed by atoms with E-state index in [1.165, 1.54) is 0 Å². The second kappa shape index (κ2) is 8.17. The van der Waals surface area contributed by atoms with Crippen LogP contribution < -0.4 is 10.5 Å². The lowest BCUT2D eigenvalue weighted by Crippen LogP contribution is -2.56. The van der Waals surface area contributed by atoms with E-state index in [2.05, 4.69) is 0 Å². The van der Waals surface area contributed by atoms with Crippen molar-refractivity contribution in [3.05, 3.63) is 29.8 Å². The Balaban J connectivity index is 1.59. The largest absolute Gasteiger partial charge is 0.492 e. The molecule has 1 aromatic rings. The fraction of sp³-hybridized carbons (Fsp3) is 0.632. The fourth-order valence-corrected chi connectivity index (χ4v) is 3.84. The maximum Gasteiger partial charge on any atom is 0.253 e. The van der Waals surface area contributed by atoms with Crippen LogP contribution in [-0.2, 0) is 9.47 Å². The summed E-state index contributed by atoms with van der Waals surface area (Å²) in [5.41, 5.74) is 5.89. The molecule has 6 heteroatoms. The molecule has 2 saturated heterocycles. The SMILES string of the molecule is CO[C@H]1CCCOC12CCN(C(=O)c1ccc(OCCN)cc1)CC2. The van der Waals surface area contributed by atoms with Crippen molar-refractivity contribution >= 4 is 5.91 Å². The van der Waals surface area contributed by atoms with E-state index in [4.69, 9.17) is 19.9 Å². The molecule has 0 aliphatic carbocycles. The van der Waals surface area contributed by atoms with Gasteiger partial charge < -0.3 is 24.8 Å². The first-order chi connectivity index (χ1) is 12.2. The molecule has 25 heavy (non-hydrogen) atoms. The average Bonchev–Trinajstić information content (AvgIpc) is 2.67. The molecule has 2 heterocycles. The predicted molar refractivity (Wildman–Crippen MR) is 94.8 cm³/mol. The average molecular weight is 348 g/mol. The molecule has 0 unspecified atom stereocenters. The van der Waals surface area contributed by atoms with Gasteiger partial charge in [0.25, 0.3) is 5.91 Å². The minimum atomic E-state index is -0.219. The summed E-state index contributed by atoms with van der Waals surface area (Å²) in [5, 5.41) is 0. The molecule has 1 aromatic carbocycles. The van der Waals surface area contributed by atoms with Crippen LogP contribution in [0, 0.1) is 0 Å². The number of carbonyl (C=O) groups excluding carboxylic acids is 1. The van der Waals surface area contributed by atoms with Gasteiger partial charge in [0.2, 0.25) is 0 Å². The Hall–Kier alpha value is -1.63. The van der Waals surface area contributed by atoms with E-state index >= 15 is 0 Å². The number of likely N-dealkylation sites (tertiary alicyclic amines) is 1. The minimum Gasteiger partial charge on any atom is -0.492 e. The van der Waals surface area contributed by atoms with Gasteiger partial charge in [0.05, 0.1) is 11.7 Å². The van der Waals surface area contributed by atoms with Gasteiger partial charge in [0.15, 0.2) is 0 Å². The lowest BCUT2D eigenvalue weighted by molar-refractivity contribution is -0.183. The number of piperidine rings is 1. The van der Waals surface area contributed by atoms with Gasteiger partial charge in [-0.3, -0.25) is 4.79 Å². The third kappa shape index (κ3) is 3.97. The maximum atomic E-state index is 12.7. The highest BCUT2D eigenvalue weighted by Gasteiger charge is 2.45. The highest BCUT2D eigenvalue weighted by Crippen LogP contribution is 2.37. The summed E-state index contributed by atoms with van der Waals surface area (Å²) in [6, 6.07) is 7.26. The van der Waals surface area contributed by atoms with Gasteiger partial charge >= 0.3 is 0 Å². The molecule has 2 aliphatic heterocycles. The fourth-order valence-electron chi connectivity index (χ4n) is 3.84. The standard InChI is InChI=1S/C19H28N2O4/c1-23-17-3-2-13-25-19(17)8-11-21(12-9-19)18(22)15-4-6-16(7-5-15)24-14-10-20/h4-7,17H,2-3,8-14,20H2,1H3/t17-/m0/s1. The van der Waals surface area contributed by atoms with Crippen molar-refractivity contribution in [1.82, 2.24) is 4.90 Å². The molecule has 1 amide bonds. The number of methoxy groups -OCH3 is 1. The Bertz CT molecular complexity index is 567. The van der Waals surface area contributed by atoms with Gasteiger partial charge in [-0.2, -0.15) is 0 Å². The summed E-state index contributed by atoms with van der Waals surface area (Å²) in [4.78, 5) is 14.6. The number of hydrogen-bond donors (Lipinski definition) is 1. The Morgan fingerprint density at radius 3 is 2.68 bits per heavy atom. The quantitative estimate of drug-likeness (QED) is 0.879. The van der Waals surface area contributed by atoms with Crippen molar-refractivity contribution in [3.63, 3.8) is 0 Å². The summed E-state index contributed by atoms with van der Waals surface area (Å²) in [7, 11) is 1.76. The number of rotatable bonds is 5. The number of hydrogen-bond acceptors (Lipinski definition) is 5. The highest BCUT2D eigenvalue weighted by molar-refractivity contribution is 5.94. The number of carbonyl (C=O) groups is 1. The van der Waals surface area contributed by atoms with Gasteiger partial charge in [-0.15, -0.1) is 0 Å². The van der Waals surface area contributed by atoms with Gasteiger partial charge in [0.1, 0.15) is 12.4 Å². The third-order valence-corrected chi connectivity index (χ3v) is 5.26. The third-order valence-electron chi connectivity index (χ3n) is 5.26. The Kier molecular flexibility index (Phi) is 5.93. The van der Waals surface area contributed by atoms with Crippen molar-refractivity contribution in [2.45, 2.75) is 37.4 Å². The maximum absolute atomic E-state index is 12.7. The molecule has 2 aliphatic rings. The van der Waals surface area contributed by atoms with Crippen molar-refractivity contribution in [3.8, 4) is 5.75 Å². The number of ether oxygens (including phenoxy) is 3. The van der Waals surface area contributed by atoms with Crippen LogP contribution in [-0.4, -0.2) is 62.5 Å². The van der Waals surface area contributed by atoms with E-state index < -0.39 is 0 Å². The number of benzene rings is 1. The van der Waals surface area contributed by atoms with E-state index in [1.54, 1.807) is 7.11 Å². The van der Waals surface area contributed by atoms with E-state index in [0.29, 0.717) is 31.8 Å². The molecule has 2 N–H and O–H groups in total. The Morgan fingerprint density at radius 1 is 1.32 bits per heavy atom. The summed E-state index contributed by atoms with van der Waals surface area (Å²) in [5.74, 6) is 0.795. The van der Waals surface area contributed by atoms with Crippen LogP contribution in [0.2, 0.25) is 0 Å². The molecule has 0 bridgehead atoms. The minimum absolute atomic E-state index is 0.0602. The Morgan fingerprint density at radius 2 is 2.04 bits per heavy atom. The van der Waals surface area contributed by atoms with Crippen LogP contribution in [0.5, 0.6) is 5.75 Å². The summed E-state index contributed by atoms with van der Waals surface area (Å²) >= 11 is 0. The number of nitrogens with zero attached hydrogens (tertiary/aromatic N) is 1. The Labute approximate surface area is 149 Å². The normalized spacial score (nSPS) is 22.8. The highest BCUT2D eigenvalue weighted by atomic mass is 16.5. The van der Waals surface area contributed by atoms with Gasteiger partial charge in [-0.1, -0.05) is 0 Å². The lowest BCUT2D eigenvalue weighted by Gasteiger charge is -2.48. The molecule has 3 rings (SSSR count). The smallest absolute Gasteiger partial charge is 0.253 e. The van der Waals surface area contributed by atoms with Gasteiger partial charge in [0, 0.05) is 38.9 Å². The van der Waals surface area contributed by atoms with Crippen LogP contribution in [0.25, 0.3) is 0 Å². The monoisotopic (exact) mass is 348 g/mol. The second-order valence-electron chi connectivity index (χ2n) is 6.73. The first-order valence-corrected chi connectivity index (χ1v) is 9.07. The summed E-state index contributed by atoms with van der Waals surface area (Å²) in [6.45, 7) is 3.13. The van der Waals surface area contributed by atoms with Crippen LogP contribution in [0.15, 0.2) is 24.3 Å². The first kappa shape index (κ1) is 18.2. The van der Waals surface area contributed by atoms with Gasteiger partial charge in [-0.05, 0) is 49.9 Å². The zero-order chi connectivity index (χ0) is 17.7. The van der Waals surface area contributed by atoms with Gasteiger partial charge in [-0.25, -0.2) is 0 Å². The molecule has 1 spiro atoms. The summed E-state index contributed by atoms with van der Waals surface area (Å²) in [6.07, 6.45) is 3.87. The molecular formula is C19H28N2O4.